The largest absolute Gasteiger partial charge is 0.497 e. The van der Waals surface area contributed by atoms with E-state index in [1.807, 2.05) is 17.0 Å². The number of morpholine rings is 1. The van der Waals surface area contributed by atoms with Gasteiger partial charge in [0.15, 0.2) is 0 Å². The molecule has 2 heterocycles. The third-order valence-electron chi connectivity index (χ3n) is 5.31. The van der Waals surface area contributed by atoms with Gasteiger partial charge in [-0.1, -0.05) is 12.1 Å². The first-order chi connectivity index (χ1) is 12.1. The number of likely N-dealkylation sites (tertiary alicyclic amines) is 1. The molecule has 1 aromatic carbocycles. The van der Waals surface area contributed by atoms with Crippen LogP contribution in [0.5, 0.6) is 5.75 Å². The zero-order valence-corrected chi connectivity index (χ0v) is 15.5. The van der Waals surface area contributed by atoms with Crippen molar-refractivity contribution < 1.29 is 14.3 Å². The highest BCUT2D eigenvalue weighted by Gasteiger charge is 2.37. The van der Waals surface area contributed by atoms with E-state index in [9.17, 15) is 4.79 Å². The average molecular weight is 347 g/mol. The summed E-state index contributed by atoms with van der Waals surface area (Å²) < 4.78 is 10.6. The summed E-state index contributed by atoms with van der Waals surface area (Å²) in [4.78, 5) is 19.2. The Labute approximate surface area is 150 Å². The van der Waals surface area contributed by atoms with Crippen molar-refractivity contribution in [2.45, 2.75) is 12.0 Å². The molecule has 2 atom stereocenters. The maximum Gasteiger partial charge on any atom is 0.236 e. The van der Waals surface area contributed by atoms with Crippen LogP contribution in [0, 0.1) is 0 Å². The van der Waals surface area contributed by atoms with Crippen LogP contribution >= 0.6 is 0 Å². The molecule has 0 saturated carbocycles. The lowest BCUT2D eigenvalue weighted by Gasteiger charge is -2.28. The number of methoxy groups -OCH3 is 1. The zero-order valence-electron chi connectivity index (χ0n) is 15.5. The van der Waals surface area contributed by atoms with Gasteiger partial charge in [-0.2, -0.15) is 0 Å². The quantitative estimate of drug-likeness (QED) is 0.791. The summed E-state index contributed by atoms with van der Waals surface area (Å²) >= 11 is 0. The van der Waals surface area contributed by atoms with Crippen LogP contribution in [0.4, 0.5) is 0 Å². The maximum absolute atomic E-state index is 12.8. The second-order valence-corrected chi connectivity index (χ2v) is 7.10. The van der Waals surface area contributed by atoms with Gasteiger partial charge in [0.1, 0.15) is 5.75 Å². The number of rotatable bonds is 5. The molecule has 1 amide bonds. The van der Waals surface area contributed by atoms with E-state index in [2.05, 4.69) is 36.0 Å². The molecule has 1 aromatic rings. The molecule has 0 bridgehead atoms. The molecule has 0 spiro atoms. The Bertz CT molecular complexity index is 570. The van der Waals surface area contributed by atoms with Crippen molar-refractivity contribution in [3.63, 3.8) is 0 Å². The Morgan fingerprint density at radius 2 is 1.88 bits per heavy atom. The van der Waals surface area contributed by atoms with Crippen LogP contribution in [0.25, 0.3) is 0 Å². The number of hydrogen-bond acceptors (Lipinski definition) is 5. The minimum absolute atomic E-state index is 0.227. The number of carbonyl (C=O) groups is 1. The number of ether oxygens (including phenoxy) is 2. The summed E-state index contributed by atoms with van der Waals surface area (Å²) in [5, 5.41) is 0. The van der Waals surface area contributed by atoms with Gasteiger partial charge in [-0.25, -0.2) is 0 Å². The van der Waals surface area contributed by atoms with E-state index in [0.717, 1.165) is 45.1 Å². The summed E-state index contributed by atoms with van der Waals surface area (Å²) in [6.07, 6.45) is 0. The minimum atomic E-state index is 0.227. The molecule has 2 aliphatic heterocycles. The van der Waals surface area contributed by atoms with Crippen molar-refractivity contribution in [1.82, 2.24) is 14.7 Å². The molecule has 2 aliphatic rings. The molecule has 3 rings (SSSR count). The number of likely N-dealkylation sites (N-methyl/N-ethyl adjacent to an activating group) is 1. The molecule has 138 valence electrons. The fraction of sp³-hybridized carbons (Fsp3) is 0.632. The first kappa shape index (κ1) is 18.2. The summed E-state index contributed by atoms with van der Waals surface area (Å²) in [7, 11) is 5.87. The van der Waals surface area contributed by atoms with Gasteiger partial charge in [-0.05, 0) is 31.8 Å². The van der Waals surface area contributed by atoms with E-state index < -0.39 is 0 Å². The van der Waals surface area contributed by atoms with Crippen molar-refractivity contribution in [3.05, 3.63) is 29.8 Å². The minimum Gasteiger partial charge on any atom is -0.497 e. The Morgan fingerprint density at radius 3 is 2.48 bits per heavy atom. The highest BCUT2D eigenvalue weighted by molar-refractivity contribution is 5.79. The molecule has 0 radical (unpaired) electrons. The average Bonchev–Trinajstić information content (AvgIpc) is 3.08. The second-order valence-electron chi connectivity index (χ2n) is 7.10. The molecule has 0 aliphatic carbocycles. The Hall–Kier alpha value is -1.63. The second kappa shape index (κ2) is 8.17. The Balaban J connectivity index is 1.67. The van der Waals surface area contributed by atoms with E-state index in [1.54, 1.807) is 7.11 Å². The molecule has 6 nitrogen and oxygen atoms in total. The van der Waals surface area contributed by atoms with Gasteiger partial charge in [-0.15, -0.1) is 0 Å². The van der Waals surface area contributed by atoms with Crippen LogP contribution in [0.2, 0.25) is 0 Å². The summed E-state index contributed by atoms with van der Waals surface area (Å²) in [6.45, 7) is 5.20. The number of hydrogen-bond donors (Lipinski definition) is 0. The Kier molecular flexibility index (Phi) is 5.93. The molecule has 0 N–H and O–H groups in total. The van der Waals surface area contributed by atoms with E-state index in [4.69, 9.17) is 9.47 Å². The molecular formula is C19H29N3O3. The van der Waals surface area contributed by atoms with Crippen LogP contribution in [0.15, 0.2) is 24.3 Å². The van der Waals surface area contributed by atoms with Gasteiger partial charge in [0.25, 0.3) is 0 Å². The summed E-state index contributed by atoms with van der Waals surface area (Å²) in [5.74, 6) is 1.42. The SMILES string of the molecule is COc1ccc([C@@H]2CN(C(=O)CN3CCOCC3)C[C@H]2N(C)C)cc1. The van der Waals surface area contributed by atoms with Gasteiger partial charge in [0.05, 0.1) is 26.9 Å². The molecule has 25 heavy (non-hydrogen) atoms. The highest BCUT2D eigenvalue weighted by atomic mass is 16.5. The van der Waals surface area contributed by atoms with Gasteiger partial charge >= 0.3 is 0 Å². The summed E-state index contributed by atoms with van der Waals surface area (Å²) in [6, 6.07) is 8.58. The lowest BCUT2D eigenvalue weighted by molar-refractivity contribution is -0.132. The fourth-order valence-corrected chi connectivity index (χ4v) is 3.74. The highest BCUT2D eigenvalue weighted by Crippen LogP contribution is 2.31. The summed E-state index contributed by atoms with van der Waals surface area (Å²) in [5.41, 5.74) is 1.26. The van der Waals surface area contributed by atoms with Crippen molar-refractivity contribution in [3.8, 4) is 5.75 Å². The van der Waals surface area contributed by atoms with Gasteiger partial charge in [0.2, 0.25) is 5.91 Å². The lowest BCUT2D eigenvalue weighted by Crippen LogP contribution is -2.44. The maximum atomic E-state index is 12.8. The van der Waals surface area contributed by atoms with Gasteiger partial charge in [-0.3, -0.25) is 9.69 Å². The number of benzene rings is 1. The third kappa shape index (κ3) is 4.32. The normalized spacial score (nSPS) is 24.7. The van der Waals surface area contributed by atoms with Crippen LogP contribution in [0.3, 0.4) is 0 Å². The lowest BCUT2D eigenvalue weighted by atomic mass is 9.93. The first-order valence-electron chi connectivity index (χ1n) is 8.96. The Morgan fingerprint density at radius 1 is 1.20 bits per heavy atom. The standard InChI is InChI=1S/C19H29N3O3/c1-20(2)18-13-22(19(23)14-21-8-10-25-11-9-21)12-17(18)15-4-6-16(24-3)7-5-15/h4-7,17-18H,8-14H2,1-3H3/t17-,18+/m0/s1. The van der Waals surface area contributed by atoms with Crippen LogP contribution in [0.1, 0.15) is 11.5 Å². The smallest absolute Gasteiger partial charge is 0.236 e. The first-order valence-corrected chi connectivity index (χ1v) is 8.96. The number of carbonyl (C=O) groups excluding carboxylic acids is 1. The zero-order chi connectivity index (χ0) is 17.8. The van der Waals surface area contributed by atoms with Crippen LogP contribution in [-0.4, -0.2) is 93.8 Å². The van der Waals surface area contributed by atoms with E-state index >= 15 is 0 Å². The van der Waals surface area contributed by atoms with Crippen LogP contribution in [-0.2, 0) is 9.53 Å². The number of amides is 1. The topological polar surface area (TPSA) is 45.3 Å². The predicted molar refractivity (Wildman–Crippen MR) is 97.0 cm³/mol. The fourth-order valence-electron chi connectivity index (χ4n) is 3.74. The van der Waals surface area contributed by atoms with Gasteiger partial charge in [0, 0.05) is 38.1 Å². The van der Waals surface area contributed by atoms with E-state index in [-0.39, 0.29) is 5.91 Å². The molecule has 2 fully saturated rings. The van der Waals surface area contributed by atoms with Crippen LogP contribution < -0.4 is 4.74 Å². The molecule has 0 unspecified atom stereocenters. The van der Waals surface area contributed by atoms with Crippen molar-refractivity contribution in [1.29, 1.82) is 0 Å². The van der Waals surface area contributed by atoms with Crippen molar-refractivity contribution in [2.24, 2.45) is 0 Å². The third-order valence-corrected chi connectivity index (χ3v) is 5.31. The molecular weight excluding hydrogens is 318 g/mol. The van der Waals surface area contributed by atoms with E-state index in [0.29, 0.717) is 18.5 Å². The van der Waals surface area contributed by atoms with Crippen molar-refractivity contribution >= 4 is 5.91 Å². The molecule has 0 aromatic heterocycles. The van der Waals surface area contributed by atoms with E-state index in [1.165, 1.54) is 5.56 Å². The molecule has 2 saturated heterocycles. The van der Waals surface area contributed by atoms with Crippen molar-refractivity contribution in [2.75, 3.05) is 67.1 Å². The predicted octanol–water partition coefficient (Wildman–Crippen LogP) is 0.883. The van der Waals surface area contributed by atoms with Gasteiger partial charge < -0.3 is 19.3 Å². The number of nitrogens with zero attached hydrogens (tertiary/aromatic N) is 3. The monoisotopic (exact) mass is 347 g/mol. The molecule has 6 heteroatoms.